The Morgan fingerprint density at radius 3 is 2.48 bits per heavy atom. The van der Waals surface area contributed by atoms with Crippen LogP contribution in [0.5, 0.6) is 11.5 Å². The number of thioether (sulfide) groups is 1. The Balaban J connectivity index is 1.52. The number of para-hydroxylation sites is 1. The van der Waals surface area contributed by atoms with Gasteiger partial charge in [0.2, 0.25) is 0 Å². The molecule has 3 aromatic carbocycles. The number of hydrogen-bond acceptors (Lipinski definition) is 4. The van der Waals surface area contributed by atoms with Crippen molar-refractivity contribution in [3.63, 3.8) is 0 Å². The second-order valence-corrected chi connectivity index (χ2v) is 7.91. The first-order chi connectivity index (χ1) is 14.1. The van der Waals surface area contributed by atoms with Crippen LogP contribution in [0.2, 0.25) is 10.0 Å². The van der Waals surface area contributed by atoms with Crippen molar-refractivity contribution in [1.82, 2.24) is 5.32 Å². The highest BCUT2D eigenvalue weighted by Crippen LogP contribution is 2.31. The molecule has 29 heavy (non-hydrogen) atoms. The van der Waals surface area contributed by atoms with Crippen molar-refractivity contribution in [1.29, 1.82) is 0 Å². The van der Waals surface area contributed by atoms with Gasteiger partial charge in [-0.05, 0) is 65.9 Å². The minimum atomic E-state index is -0.205. The first-order valence-electron chi connectivity index (χ1n) is 8.64. The van der Waals surface area contributed by atoms with E-state index < -0.39 is 0 Å². The number of hydrogen-bond donors (Lipinski definition) is 1. The van der Waals surface area contributed by atoms with E-state index in [1.807, 2.05) is 54.6 Å². The molecule has 0 aromatic heterocycles. The van der Waals surface area contributed by atoms with Crippen molar-refractivity contribution in [3.8, 4) is 11.5 Å². The lowest BCUT2D eigenvalue weighted by Crippen LogP contribution is -2.19. The van der Waals surface area contributed by atoms with Crippen LogP contribution in [-0.2, 0) is 4.79 Å². The van der Waals surface area contributed by atoms with Crippen molar-refractivity contribution in [2.75, 3.05) is 0 Å². The van der Waals surface area contributed by atoms with E-state index in [9.17, 15) is 4.79 Å². The highest BCUT2D eigenvalue weighted by molar-refractivity contribution is 8.18. The number of nitrogens with one attached hydrogen (secondary N) is 1. The Morgan fingerprint density at radius 1 is 0.897 bits per heavy atom. The Morgan fingerprint density at radius 2 is 1.69 bits per heavy atom. The van der Waals surface area contributed by atoms with Gasteiger partial charge in [-0.25, -0.2) is 4.99 Å². The molecule has 1 N–H and O–H groups in total. The van der Waals surface area contributed by atoms with E-state index in [1.165, 1.54) is 11.8 Å². The molecule has 1 aliphatic rings. The van der Waals surface area contributed by atoms with Gasteiger partial charge in [0.15, 0.2) is 5.17 Å². The third-order valence-electron chi connectivity index (χ3n) is 3.92. The van der Waals surface area contributed by atoms with Crippen LogP contribution in [0.1, 0.15) is 5.56 Å². The van der Waals surface area contributed by atoms with Gasteiger partial charge in [0.05, 0.1) is 20.6 Å². The molecule has 7 heteroatoms. The summed E-state index contributed by atoms with van der Waals surface area (Å²) in [5, 5.41) is 4.11. The van der Waals surface area contributed by atoms with Crippen molar-refractivity contribution in [2.45, 2.75) is 0 Å². The van der Waals surface area contributed by atoms with Gasteiger partial charge in [0.25, 0.3) is 5.91 Å². The van der Waals surface area contributed by atoms with Crippen LogP contribution in [0.15, 0.2) is 82.7 Å². The molecule has 1 aliphatic heterocycles. The van der Waals surface area contributed by atoms with Crippen molar-refractivity contribution < 1.29 is 9.53 Å². The van der Waals surface area contributed by atoms with E-state index in [2.05, 4.69) is 10.3 Å². The number of halogens is 2. The third-order valence-corrected chi connectivity index (χ3v) is 5.57. The topological polar surface area (TPSA) is 50.7 Å². The van der Waals surface area contributed by atoms with Crippen LogP contribution >= 0.6 is 35.0 Å². The number of amides is 1. The third kappa shape index (κ3) is 5.01. The van der Waals surface area contributed by atoms with E-state index in [-0.39, 0.29) is 5.91 Å². The summed E-state index contributed by atoms with van der Waals surface area (Å²) in [5.41, 5.74) is 1.47. The normalized spacial score (nSPS) is 16.3. The first-order valence-corrected chi connectivity index (χ1v) is 10.2. The zero-order valence-corrected chi connectivity index (χ0v) is 17.3. The Bertz CT molecular complexity index is 1130. The maximum absolute atomic E-state index is 12.3. The second-order valence-electron chi connectivity index (χ2n) is 6.07. The summed E-state index contributed by atoms with van der Waals surface area (Å²) in [6.45, 7) is 0. The maximum atomic E-state index is 12.3. The van der Waals surface area contributed by atoms with Gasteiger partial charge in [-0.2, -0.15) is 0 Å². The zero-order valence-electron chi connectivity index (χ0n) is 14.9. The fourth-order valence-electron chi connectivity index (χ4n) is 2.60. The molecular weight excluding hydrogens is 427 g/mol. The lowest BCUT2D eigenvalue weighted by atomic mass is 10.2. The van der Waals surface area contributed by atoms with E-state index in [0.29, 0.717) is 31.6 Å². The van der Waals surface area contributed by atoms with E-state index in [4.69, 9.17) is 27.9 Å². The lowest BCUT2D eigenvalue weighted by molar-refractivity contribution is -0.115. The first kappa shape index (κ1) is 19.6. The van der Waals surface area contributed by atoms with Crippen LogP contribution in [0, 0.1) is 0 Å². The molecule has 4 rings (SSSR count). The summed E-state index contributed by atoms with van der Waals surface area (Å²) in [6, 6.07) is 22.1. The fraction of sp³-hybridized carbons (Fsp3) is 0. The van der Waals surface area contributed by atoms with Gasteiger partial charge in [-0.15, -0.1) is 0 Å². The number of carbonyl (C=O) groups is 1. The predicted octanol–water partition coefficient (Wildman–Crippen LogP) is 6.68. The van der Waals surface area contributed by atoms with E-state index >= 15 is 0 Å². The molecular formula is C22H14Cl2N2O2S. The monoisotopic (exact) mass is 440 g/mol. The number of benzene rings is 3. The summed E-state index contributed by atoms with van der Waals surface area (Å²) >= 11 is 13.2. The molecule has 0 bridgehead atoms. The van der Waals surface area contributed by atoms with Gasteiger partial charge < -0.3 is 10.1 Å². The molecule has 4 nitrogen and oxygen atoms in total. The summed E-state index contributed by atoms with van der Waals surface area (Å²) in [6.07, 6.45) is 1.80. The predicted molar refractivity (Wildman–Crippen MR) is 120 cm³/mol. The number of amidine groups is 1. The summed E-state index contributed by atoms with van der Waals surface area (Å²) in [7, 11) is 0. The molecule has 1 heterocycles. The largest absolute Gasteiger partial charge is 0.457 e. The number of aliphatic imine (C=N–C) groups is 1. The molecule has 1 fully saturated rings. The van der Waals surface area contributed by atoms with E-state index in [0.717, 1.165) is 11.3 Å². The molecule has 1 amide bonds. The number of ether oxygens (including phenoxy) is 1. The SMILES string of the molecule is O=C1NC(=Nc2ccc(Cl)c(Cl)c2)S/C1=C/c1cccc(Oc2ccccc2)c1. The summed E-state index contributed by atoms with van der Waals surface area (Å²) in [5.74, 6) is 1.24. The molecule has 0 aliphatic carbocycles. The van der Waals surface area contributed by atoms with Crippen LogP contribution < -0.4 is 10.1 Å². The van der Waals surface area contributed by atoms with Gasteiger partial charge in [0, 0.05) is 0 Å². The molecule has 0 saturated carbocycles. The molecule has 0 radical (unpaired) electrons. The maximum Gasteiger partial charge on any atom is 0.264 e. The lowest BCUT2D eigenvalue weighted by Gasteiger charge is -2.06. The molecule has 3 aromatic rings. The summed E-state index contributed by atoms with van der Waals surface area (Å²) < 4.78 is 5.85. The molecule has 1 saturated heterocycles. The van der Waals surface area contributed by atoms with Crippen LogP contribution in [0.4, 0.5) is 5.69 Å². The molecule has 144 valence electrons. The zero-order chi connectivity index (χ0) is 20.2. The number of carbonyl (C=O) groups excluding carboxylic acids is 1. The quantitative estimate of drug-likeness (QED) is 0.460. The fourth-order valence-corrected chi connectivity index (χ4v) is 3.73. The standard InChI is InChI=1S/C22H14Cl2N2O2S/c23-18-10-9-15(13-19(18)24)25-22-26-21(27)20(29-22)12-14-5-4-8-17(11-14)28-16-6-2-1-3-7-16/h1-13H,(H,25,26,27)/b20-12+. The minimum absolute atomic E-state index is 0.205. The Hall–Kier alpha value is -2.73. The van der Waals surface area contributed by atoms with Crippen molar-refractivity contribution in [2.24, 2.45) is 4.99 Å². The van der Waals surface area contributed by atoms with Gasteiger partial charge in [-0.1, -0.05) is 53.5 Å². The highest BCUT2D eigenvalue weighted by Gasteiger charge is 2.23. The van der Waals surface area contributed by atoms with Crippen molar-refractivity contribution >= 4 is 57.8 Å². The Labute approximate surface area is 182 Å². The summed E-state index contributed by atoms with van der Waals surface area (Å²) in [4.78, 5) is 17.3. The van der Waals surface area contributed by atoms with Gasteiger partial charge in [-0.3, -0.25) is 4.79 Å². The molecule has 0 atom stereocenters. The average Bonchev–Trinajstić information content (AvgIpc) is 3.04. The van der Waals surface area contributed by atoms with Crippen LogP contribution in [0.3, 0.4) is 0 Å². The van der Waals surface area contributed by atoms with Crippen LogP contribution in [-0.4, -0.2) is 11.1 Å². The second kappa shape index (κ2) is 8.74. The van der Waals surface area contributed by atoms with Crippen molar-refractivity contribution in [3.05, 3.63) is 93.3 Å². The Kier molecular flexibility index (Phi) is 5.90. The van der Waals surface area contributed by atoms with E-state index in [1.54, 1.807) is 24.3 Å². The smallest absolute Gasteiger partial charge is 0.264 e. The number of nitrogens with zero attached hydrogens (tertiary/aromatic N) is 1. The van der Waals surface area contributed by atoms with Gasteiger partial charge >= 0.3 is 0 Å². The number of rotatable bonds is 4. The molecule has 0 unspecified atom stereocenters. The highest BCUT2D eigenvalue weighted by atomic mass is 35.5. The minimum Gasteiger partial charge on any atom is -0.457 e. The average molecular weight is 441 g/mol. The van der Waals surface area contributed by atoms with Gasteiger partial charge in [0.1, 0.15) is 11.5 Å². The molecule has 0 spiro atoms. The van der Waals surface area contributed by atoms with Crippen LogP contribution in [0.25, 0.3) is 6.08 Å².